The van der Waals surface area contributed by atoms with E-state index in [2.05, 4.69) is 43.4 Å². The summed E-state index contributed by atoms with van der Waals surface area (Å²) in [6.07, 6.45) is 3.24. The Hall–Kier alpha value is -1.13. The minimum Gasteiger partial charge on any atom is -0.338 e. The zero-order valence-corrected chi connectivity index (χ0v) is 10.3. The Morgan fingerprint density at radius 1 is 1.31 bits per heavy atom. The molecular formula is C12H12BrN3. The third-order valence-corrected chi connectivity index (χ3v) is 3.47. The summed E-state index contributed by atoms with van der Waals surface area (Å²) in [6.45, 7) is 1.97. The molecule has 3 nitrogen and oxygen atoms in total. The van der Waals surface area contributed by atoms with Crippen molar-refractivity contribution in [3.63, 3.8) is 0 Å². The first kappa shape index (κ1) is 10.1. The lowest BCUT2D eigenvalue weighted by molar-refractivity contribution is 0.735. The van der Waals surface area contributed by atoms with Gasteiger partial charge in [-0.15, -0.1) is 0 Å². The van der Waals surface area contributed by atoms with Gasteiger partial charge in [-0.2, -0.15) is 0 Å². The largest absolute Gasteiger partial charge is 0.338 e. The fraction of sp³-hybridized carbons (Fsp3) is 0.250. The van der Waals surface area contributed by atoms with Gasteiger partial charge in [0.15, 0.2) is 0 Å². The highest BCUT2D eigenvalue weighted by Crippen LogP contribution is 2.25. The van der Waals surface area contributed by atoms with E-state index in [1.807, 2.05) is 12.1 Å². The van der Waals surface area contributed by atoms with Gasteiger partial charge in [0.05, 0.1) is 5.52 Å². The first-order valence-corrected chi connectivity index (χ1v) is 6.18. The van der Waals surface area contributed by atoms with E-state index in [4.69, 9.17) is 0 Å². The summed E-state index contributed by atoms with van der Waals surface area (Å²) in [7, 11) is 0. The number of benzene rings is 1. The molecule has 0 amide bonds. The molecular weight excluding hydrogens is 266 g/mol. The predicted molar refractivity (Wildman–Crippen MR) is 69.3 cm³/mol. The maximum Gasteiger partial charge on any atom is 0.134 e. The molecule has 0 saturated heterocycles. The third kappa shape index (κ3) is 1.68. The van der Waals surface area contributed by atoms with Crippen LogP contribution in [0.4, 0.5) is 0 Å². The van der Waals surface area contributed by atoms with E-state index in [-0.39, 0.29) is 0 Å². The SMILES string of the molecule is Brc1cccc2[nH]c(C3=CCNCC3)nc12. The number of hydrogen-bond donors (Lipinski definition) is 2. The van der Waals surface area contributed by atoms with Crippen LogP contribution in [0.1, 0.15) is 12.2 Å². The van der Waals surface area contributed by atoms with Crippen molar-refractivity contribution in [2.75, 3.05) is 13.1 Å². The number of hydrogen-bond acceptors (Lipinski definition) is 2. The van der Waals surface area contributed by atoms with Crippen LogP contribution in [0.25, 0.3) is 16.6 Å². The lowest BCUT2D eigenvalue weighted by Gasteiger charge is -2.11. The van der Waals surface area contributed by atoms with Crippen LogP contribution in [0.15, 0.2) is 28.7 Å². The van der Waals surface area contributed by atoms with Crippen molar-refractivity contribution in [3.05, 3.63) is 34.6 Å². The molecule has 16 heavy (non-hydrogen) atoms. The number of imidazole rings is 1. The maximum atomic E-state index is 4.64. The van der Waals surface area contributed by atoms with Gasteiger partial charge in [0.25, 0.3) is 0 Å². The van der Waals surface area contributed by atoms with Gasteiger partial charge < -0.3 is 10.3 Å². The topological polar surface area (TPSA) is 40.7 Å². The number of nitrogens with one attached hydrogen (secondary N) is 2. The molecule has 0 radical (unpaired) electrons. The maximum absolute atomic E-state index is 4.64. The second kappa shape index (κ2) is 4.03. The zero-order chi connectivity index (χ0) is 11.0. The molecule has 2 N–H and O–H groups in total. The average molecular weight is 278 g/mol. The van der Waals surface area contributed by atoms with Crippen molar-refractivity contribution >= 4 is 32.5 Å². The van der Waals surface area contributed by atoms with Gasteiger partial charge in [0.2, 0.25) is 0 Å². The molecule has 0 atom stereocenters. The van der Waals surface area contributed by atoms with Crippen LogP contribution in [-0.2, 0) is 0 Å². The minimum atomic E-state index is 0.938. The van der Waals surface area contributed by atoms with Gasteiger partial charge >= 0.3 is 0 Å². The molecule has 1 aliphatic rings. The van der Waals surface area contributed by atoms with Crippen LogP contribution >= 0.6 is 15.9 Å². The molecule has 4 heteroatoms. The molecule has 2 aromatic rings. The van der Waals surface area contributed by atoms with Gasteiger partial charge in [-0.05, 0) is 46.6 Å². The summed E-state index contributed by atoms with van der Waals surface area (Å²) < 4.78 is 1.04. The van der Waals surface area contributed by atoms with E-state index in [0.29, 0.717) is 0 Å². The first-order valence-electron chi connectivity index (χ1n) is 5.39. The zero-order valence-electron chi connectivity index (χ0n) is 8.76. The number of aromatic nitrogens is 2. The quantitative estimate of drug-likeness (QED) is 0.842. The Labute approximate surface area is 102 Å². The van der Waals surface area contributed by atoms with Crippen molar-refractivity contribution in [1.82, 2.24) is 15.3 Å². The number of para-hydroxylation sites is 1. The summed E-state index contributed by atoms with van der Waals surface area (Å²) in [6, 6.07) is 6.09. The molecule has 0 bridgehead atoms. The Bertz CT molecular complexity index is 556. The molecule has 0 saturated carbocycles. The molecule has 0 spiro atoms. The molecule has 3 rings (SSSR count). The summed E-state index contributed by atoms with van der Waals surface area (Å²) >= 11 is 3.52. The van der Waals surface area contributed by atoms with Crippen LogP contribution < -0.4 is 5.32 Å². The van der Waals surface area contributed by atoms with E-state index in [1.54, 1.807) is 0 Å². The second-order valence-electron chi connectivity index (χ2n) is 3.90. The number of fused-ring (bicyclic) bond motifs is 1. The van der Waals surface area contributed by atoms with E-state index >= 15 is 0 Å². The van der Waals surface area contributed by atoms with Crippen molar-refractivity contribution < 1.29 is 0 Å². The van der Waals surface area contributed by atoms with Crippen LogP contribution in [0.3, 0.4) is 0 Å². The van der Waals surface area contributed by atoms with Gasteiger partial charge in [0.1, 0.15) is 11.3 Å². The van der Waals surface area contributed by atoms with Crippen LogP contribution in [0.5, 0.6) is 0 Å². The normalized spacial score (nSPS) is 16.4. The molecule has 2 heterocycles. The Balaban J connectivity index is 2.11. The Kier molecular flexibility index (Phi) is 2.53. The van der Waals surface area contributed by atoms with E-state index in [0.717, 1.165) is 40.8 Å². The number of H-pyrrole nitrogens is 1. The minimum absolute atomic E-state index is 0.938. The monoisotopic (exact) mass is 277 g/mol. The summed E-state index contributed by atoms with van der Waals surface area (Å²) in [5, 5.41) is 3.30. The molecule has 1 aromatic heterocycles. The highest BCUT2D eigenvalue weighted by atomic mass is 79.9. The lowest BCUT2D eigenvalue weighted by Crippen LogP contribution is -2.20. The van der Waals surface area contributed by atoms with E-state index < -0.39 is 0 Å². The molecule has 0 fully saturated rings. The molecule has 0 aliphatic carbocycles. The van der Waals surface area contributed by atoms with Gasteiger partial charge in [-0.3, -0.25) is 0 Å². The third-order valence-electron chi connectivity index (χ3n) is 2.83. The lowest BCUT2D eigenvalue weighted by atomic mass is 10.1. The van der Waals surface area contributed by atoms with Crippen LogP contribution in [0.2, 0.25) is 0 Å². The van der Waals surface area contributed by atoms with Crippen molar-refractivity contribution in [2.45, 2.75) is 6.42 Å². The van der Waals surface area contributed by atoms with Crippen LogP contribution in [-0.4, -0.2) is 23.1 Å². The van der Waals surface area contributed by atoms with Crippen molar-refractivity contribution in [1.29, 1.82) is 0 Å². The Morgan fingerprint density at radius 3 is 3.00 bits per heavy atom. The fourth-order valence-electron chi connectivity index (χ4n) is 1.99. The fourth-order valence-corrected chi connectivity index (χ4v) is 2.44. The number of nitrogens with zero attached hydrogens (tertiary/aromatic N) is 1. The molecule has 82 valence electrons. The number of halogens is 1. The standard InChI is InChI=1S/C12H12BrN3/c13-9-2-1-3-10-11(9)16-12(15-10)8-4-6-14-7-5-8/h1-4,14H,5-7H2,(H,15,16). The summed E-state index contributed by atoms with van der Waals surface area (Å²) in [4.78, 5) is 8.01. The summed E-state index contributed by atoms with van der Waals surface area (Å²) in [5.74, 6) is 1.00. The van der Waals surface area contributed by atoms with Gasteiger partial charge in [-0.25, -0.2) is 4.98 Å². The molecule has 1 aromatic carbocycles. The second-order valence-corrected chi connectivity index (χ2v) is 4.76. The highest BCUT2D eigenvalue weighted by molar-refractivity contribution is 9.10. The number of rotatable bonds is 1. The summed E-state index contributed by atoms with van der Waals surface area (Å²) in [5.41, 5.74) is 3.41. The molecule has 1 aliphatic heterocycles. The highest BCUT2D eigenvalue weighted by Gasteiger charge is 2.11. The van der Waals surface area contributed by atoms with E-state index in [1.165, 1.54) is 5.57 Å². The molecule has 0 unspecified atom stereocenters. The van der Waals surface area contributed by atoms with Crippen molar-refractivity contribution in [3.8, 4) is 0 Å². The van der Waals surface area contributed by atoms with Crippen molar-refractivity contribution in [2.24, 2.45) is 0 Å². The van der Waals surface area contributed by atoms with Gasteiger partial charge in [-0.1, -0.05) is 12.1 Å². The smallest absolute Gasteiger partial charge is 0.134 e. The Morgan fingerprint density at radius 2 is 2.25 bits per heavy atom. The van der Waals surface area contributed by atoms with E-state index in [9.17, 15) is 0 Å². The first-order chi connectivity index (χ1) is 7.84. The van der Waals surface area contributed by atoms with Crippen LogP contribution in [0, 0.1) is 0 Å². The predicted octanol–water partition coefficient (Wildman–Crippen LogP) is 2.70. The van der Waals surface area contributed by atoms with Gasteiger partial charge in [0, 0.05) is 11.0 Å². The average Bonchev–Trinajstić information content (AvgIpc) is 2.76. The number of aromatic amines is 1.